The van der Waals surface area contributed by atoms with Gasteiger partial charge in [0.05, 0.1) is 24.3 Å². The standard InChI is InChI=1S/C19H17N5O3/c25-15-10-14(11-6-2-1-3-7-11)24-18(20-15)21-19(22-24)23-16(26)12-8-4-5-9-13(12)17(23)27/h1-7,12-14H,8-10H2,(H,20,21,22,25)/t12-,13-,14-/m1/s1. The molecule has 1 fully saturated rings. The van der Waals surface area contributed by atoms with Gasteiger partial charge in [0.15, 0.2) is 0 Å². The molecule has 3 amide bonds. The van der Waals surface area contributed by atoms with Crippen molar-refractivity contribution in [3.05, 3.63) is 48.0 Å². The fraction of sp³-hybridized carbons (Fsp3) is 0.316. The van der Waals surface area contributed by atoms with E-state index < -0.39 is 0 Å². The van der Waals surface area contributed by atoms with Gasteiger partial charge in [-0.05, 0) is 18.4 Å². The predicted molar refractivity (Wildman–Crippen MR) is 95.7 cm³/mol. The van der Waals surface area contributed by atoms with Gasteiger partial charge in [0, 0.05) is 0 Å². The Kier molecular flexibility index (Phi) is 3.46. The van der Waals surface area contributed by atoms with Crippen LogP contribution in [0, 0.1) is 11.8 Å². The lowest BCUT2D eigenvalue weighted by molar-refractivity contribution is -0.122. The lowest BCUT2D eigenvalue weighted by atomic mass is 9.85. The minimum atomic E-state index is -0.345. The van der Waals surface area contributed by atoms with Gasteiger partial charge >= 0.3 is 0 Å². The van der Waals surface area contributed by atoms with E-state index in [1.54, 1.807) is 4.68 Å². The maximum absolute atomic E-state index is 12.8. The number of carbonyl (C=O) groups excluding carboxylic acids is 3. The van der Waals surface area contributed by atoms with Gasteiger partial charge < -0.3 is 0 Å². The first-order valence-corrected chi connectivity index (χ1v) is 8.97. The third-order valence-corrected chi connectivity index (χ3v) is 5.44. The van der Waals surface area contributed by atoms with Crippen molar-refractivity contribution in [3.63, 3.8) is 0 Å². The smallest absolute Gasteiger partial charge is 0.260 e. The number of nitrogens with one attached hydrogen (secondary N) is 1. The Morgan fingerprint density at radius 3 is 2.30 bits per heavy atom. The molecule has 1 saturated heterocycles. The number of fused-ring (bicyclic) bond motifs is 2. The Morgan fingerprint density at radius 1 is 0.963 bits per heavy atom. The molecular formula is C19H17N5O3. The molecule has 5 rings (SSSR count). The average Bonchev–Trinajstić information content (AvgIpc) is 3.21. The zero-order valence-corrected chi connectivity index (χ0v) is 14.4. The van der Waals surface area contributed by atoms with Crippen LogP contribution in [0.1, 0.15) is 30.9 Å². The van der Waals surface area contributed by atoms with Gasteiger partial charge in [-0.3, -0.25) is 19.7 Å². The fourth-order valence-electron chi connectivity index (χ4n) is 4.08. The maximum atomic E-state index is 12.8. The number of hydrogen-bond acceptors (Lipinski definition) is 5. The molecule has 0 unspecified atom stereocenters. The van der Waals surface area contributed by atoms with Crippen LogP contribution in [-0.4, -0.2) is 32.5 Å². The number of allylic oxidation sites excluding steroid dienone is 2. The largest absolute Gasteiger partial charge is 0.295 e. The van der Waals surface area contributed by atoms with Gasteiger partial charge in [0.1, 0.15) is 0 Å². The number of carbonyl (C=O) groups is 3. The Morgan fingerprint density at radius 2 is 1.63 bits per heavy atom. The second-order valence-corrected chi connectivity index (χ2v) is 7.03. The number of aromatic nitrogens is 3. The lowest BCUT2D eigenvalue weighted by Gasteiger charge is -2.23. The summed E-state index contributed by atoms with van der Waals surface area (Å²) >= 11 is 0. The molecule has 2 aromatic rings. The Hall–Kier alpha value is -3.29. The number of imide groups is 1. The van der Waals surface area contributed by atoms with E-state index in [0.717, 1.165) is 10.5 Å². The molecule has 8 heteroatoms. The molecule has 3 atom stereocenters. The summed E-state index contributed by atoms with van der Waals surface area (Å²) in [6.07, 6.45) is 5.21. The number of benzene rings is 1. The Labute approximate surface area is 154 Å². The van der Waals surface area contributed by atoms with Gasteiger partial charge in [-0.2, -0.15) is 4.98 Å². The number of hydrogen-bond donors (Lipinski definition) is 1. The van der Waals surface area contributed by atoms with Gasteiger partial charge in [-0.15, -0.1) is 5.10 Å². The Bertz CT molecular complexity index is 954. The Balaban J connectivity index is 1.54. The van der Waals surface area contributed by atoms with E-state index in [1.165, 1.54) is 0 Å². The summed E-state index contributed by atoms with van der Waals surface area (Å²) in [5.41, 5.74) is 0.919. The average molecular weight is 363 g/mol. The molecule has 1 N–H and O–H groups in total. The van der Waals surface area contributed by atoms with E-state index in [0.29, 0.717) is 12.8 Å². The van der Waals surface area contributed by atoms with Crippen LogP contribution in [0.3, 0.4) is 0 Å². The molecule has 0 bridgehead atoms. The van der Waals surface area contributed by atoms with Crippen LogP contribution in [0.4, 0.5) is 11.9 Å². The minimum Gasteiger partial charge on any atom is -0.295 e. The van der Waals surface area contributed by atoms with E-state index in [2.05, 4.69) is 15.4 Å². The highest BCUT2D eigenvalue weighted by Crippen LogP contribution is 2.38. The van der Waals surface area contributed by atoms with Crippen LogP contribution < -0.4 is 10.2 Å². The molecule has 1 aromatic carbocycles. The highest BCUT2D eigenvalue weighted by Gasteiger charge is 2.49. The SMILES string of the molecule is O=C1C[C@H](c2ccccc2)n2nc(N3C(=O)[C@@H]4CC=CC[C@H]4C3=O)nc2N1. The normalized spacial score (nSPS) is 26.7. The summed E-state index contributed by atoms with van der Waals surface area (Å²) in [5.74, 6) is -1.10. The first kappa shape index (κ1) is 15.9. The van der Waals surface area contributed by atoms with Crippen LogP contribution in [0.2, 0.25) is 0 Å². The molecule has 0 spiro atoms. The predicted octanol–water partition coefficient (Wildman–Crippen LogP) is 1.67. The number of anilines is 2. The van der Waals surface area contributed by atoms with Crippen molar-refractivity contribution in [1.82, 2.24) is 14.8 Å². The summed E-state index contributed by atoms with van der Waals surface area (Å²) in [7, 11) is 0. The molecule has 27 heavy (non-hydrogen) atoms. The van der Waals surface area contributed by atoms with E-state index in [9.17, 15) is 14.4 Å². The summed E-state index contributed by atoms with van der Waals surface area (Å²) in [4.78, 5) is 43.1. The molecule has 3 heterocycles. The monoisotopic (exact) mass is 363 g/mol. The van der Waals surface area contributed by atoms with E-state index >= 15 is 0 Å². The molecule has 1 aliphatic carbocycles. The van der Waals surface area contributed by atoms with Crippen molar-refractivity contribution in [2.45, 2.75) is 25.3 Å². The molecule has 136 valence electrons. The summed E-state index contributed by atoms with van der Waals surface area (Å²) in [6.45, 7) is 0. The number of amides is 3. The molecular weight excluding hydrogens is 346 g/mol. The van der Waals surface area contributed by atoms with Crippen LogP contribution in [0.5, 0.6) is 0 Å². The summed E-state index contributed by atoms with van der Waals surface area (Å²) in [6, 6.07) is 9.20. The quantitative estimate of drug-likeness (QED) is 0.647. The fourth-order valence-corrected chi connectivity index (χ4v) is 4.08. The van der Waals surface area contributed by atoms with E-state index in [-0.39, 0.29) is 53.9 Å². The second-order valence-electron chi connectivity index (χ2n) is 7.03. The van der Waals surface area contributed by atoms with Crippen molar-refractivity contribution < 1.29 is 14.4 Å². The van der Waals surface area contributed by atoms with Crippen LogP contribution in [0.25, 0.3) is 0 Å². The van der Waals surface area contributed by atoms with Gasteiger partial charge in [0.2, 0.25) is 23.7 Å². The third kappa shape index (κ3) is 2.40. The molecule has 2 aliphatic heterocycles. The van der Waals surface area contributed by atoms with Crippen molar-refractivity contribution in [2.24, 2.45) is 11.8 Å². The molecule has 8 nitrogen and oxygen atoms in total. The van der Waals surface area contributed by atoms with Gasteiger partial charge in [0.25, 0.3) is 5.95 Å². The summed E-state index contributed by atoms with van der Waals surface area (Å²) in [5, 5.41) is 7.12. The first-order chi connectivity index (χ1) is 13.1. The topological polar surface area (TPSA) is 97.2 Å². The first-order valence-electron chi connectivity index (χ1n) is 8.97. The third-order valence-electron chi connectivity index (χ3n) is 5.44. The molecule has 3 aliphatic rings. The van der Waals surface area contributed by atoms with Crippen molar-refractivity contribution >= 4 is 29.6 Å². The molecule has 0 radical (unpaired) electrons. The van der Waals surface area contributed by atoms with Crippen LogP contribution in [0.15, 0.2) is 42.5 Å². The van der Waals surface area contributed by atoms with Crippen molar-refractivity contribution in [1.29, 1.82) is 0 Å². The van der Waals surface area contributed by atoms with E-state index in [4.69, 9.17) is 0 Å². The maximum Gasteiger partial charge on any atom is 0.260 e. The van der Waals surface area contributed by atoms with Gasteiger partial charge in [-0.25, -0.2) is 9.58 Å². The van der Waals surface area contributed by atoms with Gasteiger partial charge in [-0.1, -0.05) is 42.5 Å². The second kappa shape index (κ2) is 5.87. The zero-order chi connectivity index (χ0) is 18.5. The lowest BCUT2D eigenvalue weighted by Crippen LogP contribution is -2.32. The summed E-state index contributed by atoms with van der Waals surface area (Å²) < 4.78 is 1.59. The van der Waals surface area contributed by atoms with Crippen molar-refractivity contribution in [2.75, 3.05) is 10.2 Å². The number of rotatable bonds is 2. The molecule has 0 saturated carbocycles. The van der Waals surface area contributed by atoms with Crippen LogP contribution in [-0.2, 0) is 14.4 Å². The highest BCUT2D eigenvalue weighted by molar-refractivity contribution is 6.21. The zero-order valence-electron chi connectivity index (χ0n) is 14.4. The van der Waals surface area contributed by atoms with Crippen LogP contribution >= 0.6 is 0 Å². The van der Waals surface area contributed by atoms with E-state index in [1.807, 2.05) is 42.5 Å². The number of nitrogens with zero attached hydrogens (tertiary/aromatic N) is 4. The minimum absolute atomic E-state index is 0.0394. The highest BCUT2D eigenvalue weighted by atomic mass is 16.2. The van der Waals surface area contributed by atoms with Crippen molar-refractivity contribution in [3.8, 4) is 0 Å². The molecule has 1 aromatic heterocycles.